The minimum absolute atomic E-state index is 0.692. The fraction of sp³-hybridized carbons (Fsp3) is 0. The second-order valence-corrected chi connectivity index (χ2v) is 4.82. The molecule has 3 aromatic rings. The summed E-state index contributed by atoms with van der Waals surface area (Å²) in [7, 11) is 0. The van der Waals surface area contributed by atoms with Crippen LogP contribution in [0.5, 0.6) is 0 Å². The van der Waals surface area contributed by atoms with Gasteiger partial charge >= 0.3 is 0 Å². The topological polar surface area (TPSA) is 69.6 Å². The number of hydrogen-bond donors (Lipinski definition) is 1. The smallest absolute Gasteiger partial charge is 0.164 e. The lowest BCUT2D eigenvalue weighted by molar-refractivity contribution is 0.851. The Bertz CT molecular complexity index is 691. The van der Waals surface area contributed by atoms with E-state index in [0.717, 1.165) is 20.3 Å². The monoisotopic (exact) mass is 337 g/mol. The lowest BCUT2D eigenvalue weighted by atomic mass is 10.2. The third-order valence-electron chi connectivity index (χ3n) is 2.41. The molecular formula is C11H8IN5. The van der Waals surface area contributed by atoms with Crippen molar-refractivity contribution in [1.29, 1.82) is 0 Å². The molecule has 0 bridgehead atoms. The highest BCUT2D eigenvalue weighted by Crippen LogP contribution is 2.20. The number of nitrogen functional groups attached to an aromatic ring is 1. The zero-order chi connectivity index (χ0) is 11.8. The van der Waals surface area contributed by atoms with Gasteiger partial charge in [-0.15, -0.1) is 0 Å². The standard InChI is InChI=1S/C11H8IN5/c12-7-4-16-17(5-7)11-9-2-1-8(13)3-10(9)14-6-15-11/h1-6H,13H2. The van der Waals surface area contributed by atoms with Gasteiger partial charge in [0.15, 0.2) is 5.82 Å². The fourth-order valence-electron chi connectivity index (χ4n) is 1.66. The van der Waals surface area contributed by atoms with Crippen molar-refractivity contribution in [3.05, 3.63) is 40.5 Å². The highest BCUT2D eigenvalue weighted by atomic mass is 127. The van der Waals surface area contributed by atoms with E-state index in [9.17, 15) is 0 Å². The van der Waals surface area contributed by atoms with E-state index >= 15 is 0 Å². The molecule has 0 aliphatic rings. The van der Waals surface area contributed by atoms with Gasteiger partial charge in [-0.25, -0.2) is 14.6 Å². The lowest BCUT2D eigenvalue weighted by Gasteiger charge is -2.04. The van der Waals surface area contributed by atoms with E-state index in [2.05, 4.69) is 37.7 Å². The maximum Gasteiger partial charge on any atom is 0.164 e. The number of rotatable bonds is 1. The molecule has 2 aromatic heterocycles. The van der Waals surface area contributed by atoms with Crippen molar-refractivity contribution < 1.29 is 0 Å². The molecule has 5 nitrogen and oxygen atoms in total. The summed E-state index contributed by atoms with van der Waals surface area (Å²) in [5.41, 5.74) is 7.24. The largest absolute Gasteiger partial charge is 0.399 e. The van der Waals surface area contributed by atoms with Gasteiger partial charge in [0.25, 0.3) is 0 Å². The Morgan fingerprint density at radius 1 is 1.24 bits per heavy atom. The molecular weight excluding hydrogens is 329 g/mol. The molecule has 0 saturated heterocycles. The summed E-state index contributed by atoms with van der Waals surface area (Å²) in [6.07, 6.45) is 5.22. The summed E-state index contributed by atoms with van der Waals surface area (Å²) < 4.78 is 2.80. The normalized spacial score (nSPS) is 10.9. The van der Waals surface area contributed by atoms with Crippen LogP contribution in [0.3, 0.4) is 0 Å². The van der Waals surface area contributed by atoms with Crippen molar-refractivity contribution in [3.63, 3.8) is 0 Å². The average Bonchev–Trinajstić information content (AvgIpc) is 2.74. The molecule has 6 heteroatoms. The van der Waals surface area contributed by atoms with Gasteiger partial charge in [0.05, 0.1) is 15.3 Å². The predicted octanol–water partition coefficient (Wildman–Crippen LogP) is 2.00. The number of aromatic nitrogens is 4. The molecule has 2 heterocycles. The number of benzene rings is 1. The molecule has 0 atom stereocenters. The number of fused-ring (bicyclic) bond motifs is 1. The Balaban J connectivity index is 2.30. The first kappa shape index (κ1) is 10.5. The van der Waals surface area contributed by atoms with Crippen molar-refractivity contribution in [1.82, 2.24) is 19.7 Å². The van der Waals surface area contributed by atoms with Crippen molar-refractivity contribution in [2.75, 3.05) is 5.73 Å². The molecule has 3 rings (SSSR count). The van der Waals surface area contributed by atoms with Gasteiger partial charge in [-0.05, 0) is 40.8 Å². The molecule has 0 aliphatic carbocycles. The van der Waals surface area contributed by atoms with E-state index in [1.807, 2.05) is 24.4 Å². The molecule has 0 amide bonds. The number of anilines is 1. The Morgan fingerprint density at radius 3 is 2.88 bits per heavy atom. The maximum atomic E-state index is 5.73. The average molecular weight is 337 g/mol. The van der Waals surface area contributed by atoms with Gasteiger partial charge in [0, 0.05) is 17.3 Å². The van der Waals surface area contributed by atoms with E-state index in [1.54, 1.807) is 10.9 Å². The molecule has 84 valence electrons. The fourth-order valence-corrected chi connectivity index (χ4v) is 2.05. The first-order valence-corrected chi connectivity index (χ1v) is 6.03. The minimum Gasteiger partial charge on any atom is -0.399 e. The van der Waals surface area contributed by atoms with Gasteiger partial charge in [-0.2, -0.15) is 5.10 Å². The summed E-state index contributed by atoms with van der Waals surface area (Å²) in [6, 6.07) is 5.58. The molecule has 0 spiro atoms. The van der Waals surface area contributed by atoms with Crippen molar-refractivity contribution in [2.24, 2.45) is 0 Å². The minimum atomic E-state index is 0.692. The maximum absolute atomic E-state index is 5.73. The quantitative estimate of drug-likeness (QED) is 0.545. The number of nitrogens with zero attached hydrogens (tertiary/aromatic N) is 4. The number of hydrogen-bond acceptors (Lipinski definition) is 4. The van der Waals surface area contributed by atoms with Crippen LogP contribution >= 0.6 is 22.6 Å². The predicted molar refractivity (Wildman–Crippen MR) is 73.8 cm³/mol. The van der Waals surface area contributed by atoms with Crippen molar-refractivity contribution in [3.8, 4) is 5.82 Å². The van der Waals surface area contributed by atoms with Gasteiger partial charge in [-0.3, -0.25) is 0 Å². The first-order chi connectivity index (χ1) is 8.24. The molecule has 0 aliphatic heterocycles. The molecule has 0 radical (unpaired) electrons. The Labute approximate surface area is 111 Å². The number of nitrogens with two attached hydrogens (primary N) is 1. The molecule has 2 N–H and O–H groups in total. The van der Waals surface area contributed by atoms with Crippen LogP contribution in [0, 0.1) is 3.57 Å². The van der Waals surface area contributed by atoms with Crippen LogP contribution in [0.4, 0.5) is 5.69 Å². The van der Waals surface area contributed by atoms with Crippen LogP contribution in [-0.2, 0) is 0 Å². The van der Waals surface area contributed by atoms with Crippen LogP contribution in [0.2, 0.25) is 0 Å². The summed E-state index contributed by atoms with van der Waals surface area (Å²) in [4.78, 5) is 8.47. The zero-order valence-corrected chi connectivity index (χ0v) is 10.9. The second kappa shape index (κ2) is 3.95. The van der Waals surface area contributed by atoms with Gasteiger partial charge < -0.3 is 5.73 Å². The summed E-state index contributed by atoms with van der Waals surface area (Å²) in [5.74, 6) is 0.762. The van der Waals surface area contributed by atoms with Crippen LogP contribution in [0.25, 0.3) is 16.7 Å². The van der Waals surface area contributed by atoms with E-state index < -0.39 is 0 Å². The third-order valence-corrected chi connectivity index (χ3v) is 2.96. The summed E-state index contributed by atoms with van der Waals surface area (Å²) >= 11 is 2.21. The van der Waals surface area contributed by atoms with Crippen LogP contribution in [0.15, 0.2) is 36.9 Å². The third kappa shape index (κ3) is 1.84. The van der Waals surface area contributed by atoms with Crippen molar-refractivity contribution in [2.45, 2.75) is 0 Å². The Kier molecular flexibility index (Phi) is 2.43. The first-order valence-electron chi connectivity index (χ1n) is 4.95. The van der Waals surface area contributed by atoms with Gasteiger partial charge in [0.2, 0.25) is 0 Å². The highest BCUT2D eigenvalue weighted by Gasteiger charge is 2.06. The molecule has 0 unspecified atom stereocenters. The SMILES string of the molecule is Nc1ccc2c(-n3cc(I)cn3)ncnc2c1. The van der Waals surface area contributed by atoms with Crippen LogP contribution < -0.4 is 5.73 Å². The van der Waals surface area contributed by atoms with Crippen LogP contribution in [0.1, 0.15) is 0 Å². The summed E-state index contributed by atoms with van der Waals surface area (Å²) in [5, 5.41) is 5.18. The zero-order valence-electron chi connectivity index (χ0n) is 8.71. The molecule has 0 fully saturated rings. The van der Waals surface area contributed by atoms with E-state index in [4.69, 9.17) is 5.73 Å². The van der Waals surface area contributed by atoms with Gasteiger partial charge in [-0.1, -0.05) is 0 Å². The number of halogens is 1. The highest BCUT2D eigenvalue weighted by molar-refractivity contribution is 14.1. The molecule has 0 saturated carbocycles. The Morgan fingerprint density at radius 2 is 2.12 bits per heavy atom. The lowest BCUT2D eigenvalue weighted by Crippen LogP contribution is -2.00. The Hall–Kier alpha value is -1.70. The van der Waals surface area contributed by atoms with E-state index in [1.165, 1.54) is 6.33 Å². The van der Waals surface area contributed by atoms with E-state index in [-0.39, 0.29) is 0 Å². The van der Waals surface area contributed by atoms with Crippen LogP contribution in [-0.4, -0.2) is 19.7 Å². The summed E-state index contributed by atoms with van der Waals surface area (Å²) in [6.45, 7) is 0. The van der Waals surface area contributed by atoms with Gasteiger partial charge in [0.1, 0.15) is 6.33 Å². The molecule has 17 heavy (non-hydrogen) atoms. The van der Waals surface area contributed by atoms with Crippen molar-refractivity contribution >= 4 is 39.2 Å². The molecule has 1 aromatic carbocycles. The van der Waals surface area contributed by atoms with E-state index in [0.29, 0.717) is 5.69 Å². The second-order valence-electron chi connectivity index (χ2n) is 3.58.